The fourth-order valence-electron chi connectivity index (χ4n) is 1.97. The molecule has 0 spiro atoms. The molecule has 0 aromatic heterocycles. The van der Waals surface area contributed by atoms with Crippen LogP contribution in [0.4, 0.5) is 25.8 Å². The van der Waals surface area contributed by atoms with Crippen molar-refractivity contribution in [3.8, 4) is 5.75 Å². The first-order valence-corrected chi connectivity index (χ1v) is 6.11. The van der Waals surface area contributed by atoms with Gasteiger partial charge in [0.15, 0.2) is 5.75 Å². The molecule has 118 valence electrons. The van der Waals surface area contributed by atoms with E-state index in [2.05, 4.69) is 4.74 Å². The standard InChI is InChI=1S/C12H18F2N4O3/c1-6-8(15)10(18(19)20)7(4-5-17(2)3)9(16)11(6)21-12(13)14/h12H,4-5,15-16H2,1-3H3. The Hall–Kier alpha value is -2.16. The molecule has 0 aliphatic carbocycles. The number of benzene rings is 1. The maximum absolute atomic E-state index is 12.5. The minimum atomic E-state index is -3.09. The zero-order valence-corrected chi connectivity index (χ0v) is 12.0. The molecule has 1 aromatic rings. The average molecular weight is 304 g/mol. The van der Waals surface area contributed by atoms with Gasteiger partial charge in [-0.1, -0.05) is 0 Å². The Labute approximate surface area is 120 Å². The number of nitrogen functional groups attached to an aromatic ring is 2. The molecule has 4 N–H and O–H groups in total. The van der Waals surface area contributed by atoms with Crippen molar-refractivity contribution in [2.24, 2.45) is 0 Å². The first kappa shape index (κ1) is 16.9. The molecule has 0 saturated carbocycles. The van der Waals surface area contributed by atoms with Crippen LogP contribution < -0.4 is 16.2 Å². The summed E-state index contributed by atoms with van der Waals surface area (Å²) < 4.78 is 29.3. The van der Waals surface area contributed by atoms with Gasteiger partial charge < -0.3 is 21.1 Å². The molecule has 0 aliphatic heterocycles. The van der Waals surface area contributed by atoms with Crippen LogP contribution in [-0.4, -0.2) is 37.1 Å². The first-order valence-electron chi connectivity index (χ1n) is 6.11. The van der Waals surface area contributed by atoms with Crippen LogP contribution in [0.2, 0.25) is 0 Å². The first-order chi connectivity index (χ1) is 9.66. The number of nitrogens with zero attached hydrogens (tertiary/aromatic N) is 2. The number of likely N-dealkylation sites (N-methyl/N-ethyl adjacent to an activating group) is 1. The van der Waals surface area contributed by atoms with Gasteiger partial charge in [0, 0.05) is 12.1 Å². The highest BCUT2D eigenvalue weighted by molar-refractivity contribution is 5.80. The smallest absolute Gasteiger partial charge is 0.387 e. The highest BCUT2D eigenvalue weighted by Crippen LogP contribution is 2.42. The van der Waals surface area contributed by atoms with Crippen molar-refractivity contribution in [2.45, 2.75) is 20.0 Å². The SMILES string of the molecule is Cc1c(N)c([N+](=O)[O-])c(CCN(C)C)c(N)c1OC(F)F. The van der Waals surface area contributed by atoms with E-state index in [4.69, 9.17) is 11.5 Å². The summed E-state index contributed by atoms with van der Waals surface area (Å²) in [5.74, 6) is -0.304. The highest BCUT2D eigenvalue weighted by Gasteiger charge is 2.28. The summed E-state index contributed by atoms with van der Waals surface area (Å²) in [5.41, 5.74) is 10.9. The summed E-state index contributed by atoms with van der Waals surface area (Å²) in [6.45, 7) is -1.29. The van der Waals surface area contributed by atoms with E-state index in [9.17, 15) is 18.9 Å². The summed E-state index contributed by atoms with van der Waals surface area (Å²) in [6.07, 6.45) is 0.194. The molecule has 0 aliphatic rings. The summed E-state index contributed by atoms with van der Waals surface area (Å²) in [7, 11) is 3.55. The molecule has 7 nitrogen and oxygen atoms in total. The molecule has 0 amide bonds. The third kappa shape index (κ3) is 3.69. The Morgan fingerprint density at radius 2 is 1.90 bits per heavy atom. The molecule has 0 unspecified atom stereocenters. The number of hydrogen-bond donors (Lipinski definition) is 2. The van der Waals surface area contributed by atoms with Gasteiger partial charge in [0.2, 0.25) is 0 Å². The maximum atomic E-state index is 12.5. The molecule has 0 heterocycles. The number of nitrogens with two attached hydrogens (primary N) is 2. The van der Waals surface area contributed by atoms with Crippen LogP contribution in [0.5, 0.6) is 5.75 Å². The topological polar surface area (TPSA) is 108 Å². The van der Waals surface area contributed by atoms with Gasteiger partial charge in [0.25, 0.3) is 5.69 Å². The zero-order chi connectivity index (χ0) is 16.3. The van der Waals surface area contributed by atoms with Gasteiger partial charge in [0.05, 0.1) is 16.2 Å². The van der Waals surface area contributed by atoms with Crippen molar-refractivity contribution in [1.82, 2.24) is 4.90 Å². The fraction of sp³-hybridized carbons (Fsp3) is 0.500. The fourth-order valence-corrected chi connectivity index (χ4v) is 1.97. The largest absolute Gasteiger partial charge is 0.432 e. The van der Waals surface area contributed by atoms with Gasteiger partial charge in [-0.15, -0.1) is 0 Å². The Balaban J connectivity index is 3.48. The number of rotatable bonds is 6. The summed E-state index contributed by atoms with van der Waals surface area (Å²) >= 11 is 0. The quantitative estimate of drug-likeness (QED) is 0.471. The lowest BCUT2D eigenvalue weighted by molar-refractivity contribution is -0.384. The molecule has 0 radical (unpaired) electrons. The number of nitro benzene ring substituents is 1. The number of hydrogen-bond acceptors (Lipinski definition) is 6. The summed E-state index contributed by atoms with van der Waals surface area (Å²) in [4.78, 5) is 12.3. The predicted octanol–water partition coefficient (Wildman–Crippen LogP) is 1.77. The normalized spacial score (nSPS) is 11.2. The summed E-state index contributed by atoms with van der Waals surface area (Å²) in [5, 5.41) is 11.2. The van der Waals surface area contributed by atoms with Gasteiger partial charge in [-0.2, -0.15) is 8.78 Å². The van der Waals surface area contributed by atoms with E-state index in [1.54, 1.807) is 19.0 Å². The molecule has 21 heavy (non-hydrogen) atoms. The number of anilines is 2. The van der Waals surface area contributed by atoms with Crippen LogP contribution in [-0.2, 0) is 6.42 Å². The maximum Gasteiger partial charge on any atom is 0.387 e. The van der Waals surface area contributed by atoms with E-state index in [0.717, 1.165) is 0 Å². The van der Waals surface area contributed by atoms with E-state index in [0.29, 0.717) is 6.54 Å². The van der Waals surface area contributed by atoms with E-state index in [1.807, 2.05) is 0 Å². The Kier molecular flexibility index (Phi) is 5.25. The van der Waals surface area contributed by atoms with Crippen LogP contribution in [0, 0.1) is 17.0 Å². The number of alkyl halides is 2. The van der Waals surface area contributed by atoms with Gasteiger partial charge in [-0.25, -0.2) is 0 Å². The monoisotopic (exact) mass is 304 g/mol. The second-order valence-corrected chi connectivity index (χ2v) is 4.80. The third-order valence-electron chi connectivity index (χ3n) is 3.05. The van der Waals surface area contributed by atoms with Crippen molar-refractivity contribution >= 4 is 17.1 Å². The predicted molar refractivity (Wildman–Crippen MR) is 75.5 cm³/mol. The van der Waals surface area contributed by atoms with Crippen molar-refractivity contribution < 1.29 is 18.4 Å². The van der Waals surface area contributed by atoms with Crippen LogP contribution in [0.1, 0.15) is 11.1 Å². The van der Waals surface area contributed by atoms with Crippen molar-refractivity contribution in [3.63, 3.8) is 0 Å². The van der Waals surface area contributed by atoms with E-state index >= 15 is 0 Å². The molecule has 9 heteroatoms. The second-order valence-electron chi connectivity index (χ2n) is 4.80. The van der Waals surface area contributed by atoms with E-state index in [1.165, 1.54) is 6.92 Å². The molecule has 0 fully saturated rings. The minimum absolute atomic E-state index is 0.0353. The molecule has 0 bridgehead atoms. The lowest BCUT2D eigenvalue weighted by Gasteiger charge is -2.18. The number of halogens is 2. The number of nitro groups is 1. The molecule has 1 rings (SSSR count). The van der Waals surface area contributed by atoms with Gasteiger partial charge in [0.1, 0.15) is 5.69 Å². The van der Waals surface area contributed by atoms with Crippen molar-refractivity contribution in [1.29, 1.82) is 0 Å². The van der Waals surface area contributed by atoms with Crippen LogP contribution in [0.15, 0.2) is 0 Å². The van der Waals surface area contributed by atoms with E-state index in [-0.39, 0.29) is 40.4 Å². The highest BCUT2D eigenvalue weighted by atomic mass is 19.3. The Morgan fingerprint density at radius 3 is 2.33 bits per heavy atom. The molecule has 1 aromatic carbocycles. The van der Waals surface area contributed by atoms with Gasteiger partial charge in [-0.3, -0.25) is 10.1 Å². The number of ether oxygens (including phenoxy) is 1. The molecular weight excluding hydrogens is 286 g/mol. The Bertz CT molecular complexity index is 550. The van der Waals surface area contributed by atoms with Gasteiger partial charge >= 0.3 is 6.61 Å². The molecular formula is C12H18F2N4O3. The minimum Gasteiger partial charge on any atom is -0.432 e. The van der Waals surface area contributed by atoms with Crippen molar-refractivity contribution in [2.75, 3.05) is 32.1 Å². The average Bonchev–Trinajstić information content (AvgIpc) is 2.36. The van der Waals surface area contributed by atoms with Crippen LogP contribution in [0.25, 0.3) is 0 Å². The lowest BCUT2D eigenvalue weighted by atomic mass is 10.0. The molecule has 0 atom stereocenters. The van der Waals surface area contributed by atoms with Gasteiger partial charge in [-0.05, 0) is 27.4 Å². The van der Waals surface area contributed by atoms with Crippen LogP contribution >= 0.6 is 0 Å². The summed E-state index contributed by atoms with van der Waals surface area (Å²) in [6, 6.07) is 0. The van der Waals surface area contributed by atoms with Crippen molar-refractivity contribution in [3.05, 3.63) is 21.2 Å². The molecule has 0 saturated heterocycles. The zero-order valence-electron chi connectivity index (χ0n) is 12.0. The van der Waals surface area contributed by atoms with Crippen LogP contribution in [0.3, 0.4) is 0 Å². The Morgan fingerprint density at radius 1 is 1.33 bits per heavy atom. The third-order valence-corrected chi connectivity index (χ3v) is 3.05. The van der Waals surface area contributed by atoms with E-state index < -0.39 is 11.5 Å². The lowest BCUT2D eigenvalue weighted by Crippen LogP contribution is -2.18. The second kappa shape index (κ2) is 6.53.